The number of carbonyl (C=O) groups is 1. The summed E-state index contributed by atoms with van der Waals surface area (Å²) in [5.74, 6) is 0.285. The molecule has 0 spiro atoms. The topological polar surface area (TPSA) is 74.8 Å². The van der Waals surface area contributed by atoms with Crippen molar-refractivity contribution in [3.63, 3.8) is 0 Å². The highest BCUT2D eigenvalue weighted by Gasteiger charge is 2.11. The van der Waals surface area contributed by atoms with Crippen molar-refractivity contribution in [2.24, 2.45) is 4.99 Å². The number of nitrogens with zero attached hydrogens (tertiary/aromatic N) is 1. The SMILES string of the molecule is CN=C(NCC(=O)NCc1ccccc1)NCc1cc(C)ccc1OC(F)F. The van der Waals surface area contributed by atoms with Gasteiger partial charge in [-0.05, 0) is 18.6 Å². The van der Waals surface area contributed by atoms with Crippen LogP contribution in [-0.4, -0.2) is 32.1 Å². The van der Waals surface area contributed by atoms with Crippen molar-refractivity contribution in [1.82, 2.24) is 16.0 Å². The Morgan fingerprint density at radius 1 is 1.07 bits per heavy atom. The summed E-state index contributed by atoms with van der Waals surface area (Å²) in [5.41, 5.74) is 2.49. The fraction of sp³-hybridized carbons (Fsp3) is 0.300. The molecule has 0 aromatic heterocycles. The number of halogens is 2. The fourth-order valence-electron chi connectivity index (χ4n) is 2.48. The molecular formula is C20H24F2N4O2. The number of alkyl halides is 2. The molecule has 1 amide bonds. The van der Waals surface area contributed by atoms with Gasteiger partial charge in [-0.1, -0.05) is 48.0 Å². The van der Waals surface area contributed by atoms with Crippen LogP contribution in [0.5, 0.6) is 5.75 Å². The molecule has 2 aromatic carbocycles. The van der Waals surface area contributed by atoms with Gasteiger partial charge in [0.1, 0.15) is 5.75 Å². The van der Waals surface area contributed by atoms with Crippen LogP contribution in [0.2, 0.25) is 0 Å². The van der Waals surface area contributed by atoms with E-state index in [1.54, 1.807) is 19.2 Å². The van der Waals surface area contributed by atoms with E-state index < -0.39 is 6.61 Å². The third kappa shape index (κ3) is 7.22. The zero-order valence-electron chi connectivity index (χ0n) is 15.8. The molecule has 0 fully saturated rings. The molecule has 0 aliphatic carbocycles. The van der Waals surface area contributed by atoms with Gasteiger partial charge in [-0.3, -0.25) is 9.79 Å². The average Bonchev–Trinajstić information content (AvgIpc) is 2.69. The molecule has 0 atom stereocenters. The van der Waals surface area contributed by atoms with E-state index in [0.717, 1.165) is 11.1 Å². The predicted molar refractivity (Wildman–Crippen MR) is 104 cm³/mol. The van der Waals surface area contributed by atoms with Crippen LogP contribution in [0.15, 0.2) is 53.5 Å². The van der Waals surface area contributed by atoms with Gasteiger partial charge in [-0.25, -0.2) is 0 Å². The summed E-state index contributed by atoms with van der Waals surface area (Å²) in [6.45, 7) is -0.354. The Balaban J connectivity index is 1.83. The first kappa shape index (κ1) is 21.1. The highest BCUT2D eigenvalue weighted by Crippen LogP contribution is 2.21. The molecule has 0 bridgehead atoms. The number of hydrogen-bond acceptors (Lipinski definition) is 3. The molecule has 0 aliphatic rings. The first-order valence-corrected chi connectivity index (χ1v) is 8.77. The van der Waals surface area contributed by atoms with Gasteiger partial charge in [0.25, 0.3) is 0 Å². The molecule has 0 aliphatic heterocycles. The van der Waals surface area contributed by atoms with E-state index in [2.05, 4.69) is 25.7 Å². The van der Waals surface area contributed by atoms with Crippen LogP contribution in [0.25, 0.3) is 0 Å². The molecule has 3 N–H and O–H groups in total. The van der Waals surface area contributed by atoms with Crippen molar-refractivity contribution in [3.8, 4) is 5.75 Å². The van der Waals surface area contributed by atoms with Gasteiger partial charge in [0.2, 0.25) is 5.91 Å². The molecule has 0 saturated carbocycles. The number of benzene rings is 2. The molecule has 0 saturated heterocycles. The summed E-state index contributed by atoms with van der Waals surface area (Å²) in [5, 5.41) is 8.68. The molecule has 8 heteroatoms. The van der Waals surface area contributed by atoms with Crippen molar-refractivity contribution in [2.75, 3.05) is 13.6 Å². The lowest BCUT2D eigenvalue weighted by molar-refractivity contribution is -0.120. The first-order valence-electron chi connectivity index (χ1n) is 8.77. The van der Waals surface area contributed by atoms with Crippen LogP contribution >= 0.6 is 0 Å². The van der Waals surface area contributed by atoms with Crippen molar-refractivity contribution in [1.29, 1.82) is 0 Å². The van der Waals surface area contributed by atoms with Crippen LogP contribution in [0.4, 0.5) is 8.78 Å². The van der Waals surface area contributed by atoms with Crippen LogP contribution in [0, 0.1) is 6.92 Å². The van der Waals surface area contributed by atoms with Gasteiger partial charge in [0, 0.05) is 25.7 Å². The van der Waals surface area contributed by atoms with Gasteiger partial charge < -0.3 is 20.7 Å². The molecule has 6 nitrogen and oxygen atoms in total. The smallest absolute Gasteiger partial charge is 0.387 e. The molecule has 28 heavy (non-hydrogen) atoms. The van der Waals surface area contributed by atoms with E-state index in [-0.39, 0.29) is 24.7 Å². The Morgan fingerprint density at radius 2 is 1.82 bits per heavy atom. The first-order chi connectivity index (χ1) is 13.5. The van der Waals surface area contributed by atoms with Crippen LogP contribution in [0.1, 0.15) is 16.7 Å². The van der Waals surface area contributed by atoms with Crippen molar-refractivity contribution in [2.45, 2.75) is 26.6 Å². The lowest BCUT2D eigenvalue weighted by Gasteiger charge is -2.15. The predicted octanol–water partition coefficient (Wildman–Crippen LogP) is 2.58. The van der Waals surface area contributed by atoms with E-state index in [1.165, 1.54) is 6.07 Å². The van der Waals surface area contributed by atoms with Crippen LogP contribution in [0.3, 0.4) is 0 Å². The number of guanidine groups is 1. The van der Waals surface area contributed by atoms with E-state index in [9.17, 15) is 13.6 Å². The monoisotopic (exact) mass is 390 g/mol. The number of nitrogens with one attached hydrogen (secondary N) is 3. The summed E-state index contributed by atoms with van der Waals surface area (Å²) in [4.78, 5) is 16.0. The summed E-state index contributed by atoms with van der Waals surface area (Å²) < 4.78 is 29.6. The molecule has 0 unspecified atom stereocenters. The highest BCUT2D eigenvalue weighted by molar-refractivity contribution is 5.86. The van der Waals surface area contributed by atoms with Gasteiger partial charge in [-0.15, -0.1) is 0 Å². The summed E-state index contributed by atoms with van der Waals surface area (Å²) in [7, 11) is 1.56. The maximum atomic E-state index is 12.5. The van der Waals surface area contributed by atoms with Crippen LogP contribution < -0.4 is 20.7 Å². The second kappa shape index (κ2) is 10.9. The maximum Gasteiger partial charge on any atom is 0.387 e. The highest BCUT2D eigenvalue weighted by atomic mass is 19.3. The van der Waals surface area contributed by atoms with E-state index >= 15 is 0 Å². The molecule has 150 valence electrons. The summed E-state index contributed by atoms with van der Waals surface area (Å²) in [6, 6.07) is 14.5. The molecule has 0 radical (unpaired) electrons. The van der Waals surface area contributed by atoms with Gasteiger partial charge in [0.15, 0.2) is 5.96 Å². The second-order valence-electron chi connectivity index (χ2n) is 6.03. The number of amides is 1. The minimum absolute atomic E-state index is 0.0285. The third-order valence-electron chi connectivity index (χ3n) is 3.85. The zero-order chi connectivity index (χ0) is 20.4. The Kier molecular flexibility index (Phi) is 8.20. The van der Waals surface area contributed by atoms with E-state index in [1.807, 2.05) is 37.3 Å². The average molecular weight is 390 g/mol. The van der Waals surface area contributed by atoms with Crippen molar-refractivity contribution >= 4 is 11.9 Å². The standard InChI is InChI=1S/C20H24F2N4O2/c1-14-8-9-17(28-19(21)22)16(10-14)12-25-20(23-2)26-13-18(27)24-11-15-6-4-3-5-7-15/h3-10,19H,11-13H2,1-2H3,(H,24,27)(H2,23,25,26). The number of aryl methyl sites for hydroxylation is 1. The number of rotatable bonds is 8. The zero-order valence-corrected chi connectivity index (χ0v) is 15.8. The van der Waals surface area contributed by atoms with Gasteiger partial charge >= 0.3 is 6.61 Å². The largest absolute Gasteiger partial charge is 0.434 e. The fourth-order valence-corrected chi connectivity index (χ4v) is 2.48. The normalized spacial score (nSPS) is 11.2. The molecule has 0 heterocycles. The van der Waals surface area contributed by atoms with Crippen LogP contribution in [-0.2, 0) is 17.9 Å². The molecular weight excluding hydrogens is 366 g/mol. The quantitative estimate of drug-likeness (QED) is 0.478. The number of carbonyl (C=O) groups excluding carboxylic acids is 1. The van der Waals surface area contributed by atoms with Crippen molar-refractivity contribution < 1.29 is 18.3 Å². The summed E-state index contributed by atoms with van der Waals surface area (Å²) >= 11 is 0. The molecule has 2 rings (SSSR count). The maximum absolute atomic E-state index is 12.5. The Labute approximate surface area is 163 Å². The number of hydrogen-bond donors (Lipinski definition) is 3. The van der Waals surface area contributed by atoms with Crippen molar-refractivity contribution in [3.05, 3.63) is 65.2 Å². The number of aliphatic imine (C=N–C) groups is 1. The lowest BCUT2D eigenvalue weighted by atomic mass is 10.1. The minimum Gasteiger partial charge on any atom is -0.434 e. The second-order valence-corrected chi connectivity index (χ2v) is 6.03. The van der Waals surface area contributed by atoms with Gasteiger partial charge in [0.05, 0.1) is 6.54 Å². The van der Waals surface area contributed by atoms with E-state index in [0.29, 0.717) is 18.1 Å². The van der Waals surface area contributed by atoms with Gasteiger partial charge in [-0.2, -0.15) is 8.78 Å². The summed E-state index contributed by atoms with van der Waals surface area (Å²) in [6.07, 6.45) is 0. The Morgan fingerprint density at radius 3 is 2.50 bits per heavy atom. The minimum atomic E-state index is -2.90. The Hall–Kier alpha value is -3.16. The lowest BCUT2D eigenvalue weighted by Crippen LogP contribution is -2.42. The van der Waals surface area contributed by atoms with E-state index in [4.69, 9.17) is 0 Å². The Bertz CT molecular complexity index is 798. The number of ether oxygens (including phenoxy) is 1. The third-order valence-corrected chi connectivity index (χ3v) is 3.85. The molecule has 2 aromatic rings.